The summed E-state index contributed by atoms with van der Waals surface area (Å²) in [6.45, 7) is 0. The Kier molecular flexibility index (Phi) is 3.74. The molecule has 0 saturated heterocycles. The van der Waals surface area contributed by atoms with Crippen LogP contribution in [-0.4, -0.2) is 16.7 Å². The van der Waals surface area contributed by atoms with Crippen molar-refractivity contribution in [1.29, 1.82) is 0 Å². The number of hydrogen-bond acceptors (Lipinski definition) is 5. The van der Waals surface area contributed by atoms with Gasteiger partial charge in [0.25, 0.3) is 5.56 Å². The highest BCUT2D eigenvalue weighted by molar-refractivity contribution is 8.02. The predicted molar refractivity (Wildman–Crippen MR) is 96.9 cm³/mol. The smallest absolute Gasteiger partial charge is 0.264 e. The first-order valence-corrected chi connectivity index (χ1v) is 8.44. The molecule has 0 bridgehead atoms. The predicted octanol–water partition coefficient (Wildman–Crippen LogP) is 3.34. The molecule has 4 rings (SSSR count). The first kappa shape index (κ1) is 14.8. The van der Waals surface area contributed by atoms with Gasteiger partial charge in [-0.05, 0) is 41.8 Å². The maximum absolute atomic E-state index is 13.0. The molecule has 0 amide bonds. The van der Waals surface area contributed by atoms with E-state index in [1.54, 1.807) is 23.4 Å². The van der Waals surface area contributed by atoms with Gasteiger partial charge in [0.05, 0.1) is 18.0 Å². The van der Waals surface area contributed by atoms with Gasteiger partial charge in [0.15, 0.2) is 5.50 Å². The molecule has 0 spiro atoms. The van der Waals surface area contributed by atoms with E-state index < -0.39 is 0 Å². The standard InChI is InChI=1S/C18H15N3O2S/c1-23-13-8-6-12(7-9-13)16-20-15-5-3-2-4-14(15)17(22)21(16)18-19-10-11-24-18/h2-11,18-19H,1H3/t18-/m1/s1. The molecule has 0 unspecified atom stereocenters. The van der Waals surface area contributed by atoms with Crippen molar-refractivity contribution in [3.63, 3.8) is 0 Å². The van der Waals surface area contributed by atoms with Crippen LogP contribution >= 0.6 is 11.8 Å². The Bertz CT molecular complexity index is 972. The summed E-state index contributed by atoms with van der Waals surface area (Å²) in [5.74, 6) is 1.40. The molecular formula is C18H15N3O2S. The molecule has 1 N–H and O–H groups in total. The van der Waals surface area contributed by atoms with Crippen molar-refractivity contribution in [3.8, 4) is 17.1 Å². The summed E-state index contributed by atoms with van der Waals surface area (Å²) in [4.78, 5) is 17.8. The van der Waals surface area contributed by atoms with Crippen LogP contribution in [-0.2, 0) is 0 Å². The van der Waals surface area contributed by atoms with Gasteiger partial charge in [-0.25, -0.2) is 4.98 Å². The summed E-state index contributed by atoms with van der Waals surface area (Å²) in [5, 5.41) is 5.74. The van der Waals surface area contributed by atoms with E-state index in [0.717, 1.165) is 11.3 Å². The second kappa shape index (κ2) is 6.05. The molecule has 0 fully saturated rings. The van der Waals surface area contributed by atoms with Gasteiger partial charge >= 0.3 is 0 Å². The molecule has 1 atom stereocenters. The van der Waals surface area contributed by atoms with Crippen LogP contribution in [0.1, 0.15) is 5.50 Å². The lowest BCUT2D eigenvalue weighted by atomic mass is 10.1. The average molecular weight is 337 g/mol. The summed E-state index contributed by atoms with van der Waals surface area (Å²) < 4.78 is 6.92. The average Bonchev–Trinajstić information content (AvgIpc) is 3.16. The number of thioether (sulfide) groups is 1. The van der Waals surface area contributed by atoms with E-state index in [2.05, 4.69) is 5.32 Å². The molecule has 5 nitrogen and oxygen atoms in total. The van der Waals surface area contributed by atoms with Crippen molar-refractivity contribution in [3.05, 3.63) is 70.5 Å². The Labute approximate surface area is 143 Å². The Morgan fingerprint density at radius 3 is 2.67 bits per heavy atom. The van der Waals surface area contributed by atoms with E-state index in [1.165, 1.54) is 0 Å². The fourth-order valence-corrected chi connectivity index (χ4v) is 3.50. The Balaban J connectivity index is 1.97. The second-order valence-electron chi connectivity index (χ2n) is 5.31. The molecule has 0 saturated carbocycles. The number of benzene rings is 2. The number of para-hydroxylation sites is 1. The van der Waals surface area contributed by atoms with Crippen LogP contribution < -0.4 is 15.6 Å². The van der Waals surface area contributed by atoms with E-state index >= 15 is 0 Å². The second-order valence-corrected chi connectivity index (χ2v) is 6.30. The lowest BCUT2D eigenvalue weighted by molar-refractivity contribution is 0.415. The first-order chi connectivity index (χ1) is 11.8. The molecule has 2 aromatic carbocycles. The van der Waals surface area contributed by atoms with E-state index in [-0.39, 0.29) is 11.1 Å². The third-order valence-corrected chi connectivity index (χ3v) is 4.80. The van der Waals surface area contributed by atoms with Crippen LogP contribution in [0.15, 0.2) is 64.9 Å². The van der Waals surface area contributed by atoms with Gasteiger partial charge in [-0.1, -0.05) is 23.9 Å². The number of nitrogens with one attached hydrogen (secondary N) is 1. The lowest BCUT2D eigenvalue weighted by Crippen LogP contribution is -2.30. The van der Waals surface area contributed by atoms with Crippen LogP contribution in [0.2, 0.25) is 0 Å². The summed E-state index contributed by atoms with van der Waals surface area (Å²) in [7, 11) is 1.63. The normalized spacial score (nSPS) is 16.3. The quantitative estimate of drug-likeness (QED) is 0.794. The fraction of sp³-hybridized carbons (Fsp3) is 0.111. The fourth-order valence-electron chi connectivity index (χ4n) is 2.72. The first-order valence-electron chi connectivity index (χ1n) is 7.50. The number of nitrogens with zero attached hydrogens (tertiary/aromatic N) is 2. The molecule has 24 heavy (non-hydrogen) atoms. The van der Waals surface area contributed by atoms with Gasteiger partial charge in [-0.15, -0.1) is 0 Å². The van der Waals surface area contributed by atoms with Crippen LogP contribution in [0.3, 0.4) is 0 Å². The van der Waals surface area contributed by atoms with Gasteiger partial charge in [-0.2, -0.15) is 0 Å². The highest BCUT2D eigenvalue weighted by Gasteiger charge is 2.21. The number of fused-ring (bicyclic) bond motifs is 1. The van der Waals surface area contributed by atoms with Crippen molar-refractivity contribution >= 4 is 22.7 Å². The van der Waals surface area contributed by atoms with Crippen LogP contribution in [0, 0.1) is 0 Å². The van der Waals surface area contributed by atoms with Crippen molar-refractivity contribution in [2.24, 2.45) is 0 Å². The van der Waals surface area contributed by atoms with Gasteiger partial charge < -0.3 is 10.1 Å². The molecule has 0 aliphatic carbocycles. The number of aromatic nitrogens is 2. The Hall–Kier alpha value is -2.73. The highest BCUT2D eigenvalue weighted by atomic mass is 32.2. The number of ether oxygens (including phenoxy) is 1. The molecule has 2 heterocycles. The van der Waals surface area contributed by atoms with Crippen LogP contribution in [0.25, 0.3) is 22.3 Å². The van der Waals surface area contributed by atoms with Gasteiger partial charge in [0, 0.05) is 11.8 Å². The third kappa shape index (κ3) is 2.45. The van der Waals surface area contributed by atoms with Crippen LogP contribution in [0.4, 0.5) is 0 Å². The third-order valence-electron chi connectivity index (χ3n) is 3.90. The zero-order valence-corrected chi connectivity index (χ0v) is 13.8. The van der Waals surface area contributed by atoms with Crippen LogP contribution in [0.5, 0.6) is 5.75 Å². The van der Waals surface area contributed by atoms with E-state index in [9.17, 15) is 4.79 Å². The van der Waals surface area contributed by atoms with Crippen molar-refractivity contribution < 1.29 is 4.74 Å². The molecule has 120 valence electrons. The summed E-state index contributed by atoms with van der Waals surface area (Å²) in [6, 6.07) is 15.0. The van der Waals surface area contributed by atoms with Crippen molar-refractivity contribution in [2.45, 2.75) is 5.50 Å². The minimum atomic E-state index is -0.202. The molecule has 6 heteroatoms. The lowest BCUT2D eigenvalue weighted by Gasteiger charge is -2.19. The van der Waals surface area contributed by atoms with Crippen molar-refractivity contribution in [2.75, 3.05) is 7.11 Å². The number of hydrogen-bond donors (Lipinski definition) is 1. The summed E-state index contributed by atoms with van der Waals surface area (Å²) in [5.41, 5.74) is 1.31. The molecule has 1 aromatic heterocycles. The maximum Gasteiger partial charge on any atom is 0.264 e. The maximum atomic E-state index is 13.0. The van der Waals surface area contributed by atoms with Gasteiger partial charge in [0.1, 0.15) is 11.6 Å². The SMILES string of the molecule is COc1ccc(-c2nc3ccccc3c(=O)n2[C@H]2NC=CS2)cc1. The summed E-state index contributed by atoms with van der Waals surface area (Å²) in [6.07, 6.45) is 1.84. The van der Waals surface area contributed by atoms with E-state index in [4.69, 9.17) is 9.72 Å². The van der Waals surface area contributed by atoms with Crippen molar-refractivity contribution in [1.82, 2.24) is 14.9 Å². The molecule has 1 aliphatic rings. The Morgan fingerprint density at radius 2 is 1.96 bits per heavy atom. The molecular weight excluding hydrogens is 322 g/mol. The highest BCUT2D eigenvalue weighted by Crippen LogP contribution is 2.30. The molecule has 0 radical (unpaired) electrons. The monoisotopic (exact) mass is 337 g/mol. The van der Waals surface area contributed by atoms with E-state index in [0.29, 0.717) is 16.7 Å². The summed E-state index contributed by atoms with van der Waals surface area (Å²) >= 11 is 1.54. The largest absolute Gasteiger partial charge is 0.497 e. The van der Waals surface area contributed by atoms with Gasteiger partial charge in [0.2, 0.25) is 0 Å². The van der Waals surface area contributed by atoms with E-state index in [1.807, 2.05) is 60.1 Å². The number of methoxy groups -OCH3 is 1. The minimum Gasteiger partial charge on any atom is -0.497 e. The molecule has 3 aromatic rings. The zero-order valence-electron chi connectivity index (χ0n) is 13.0. The topological polar surface area (TPSA) is 56.1 Å². The number of rotatable bonds is 3. The van der Waals surface area contributed by atoms with Gasteiger partial charge in [-0.3, -0.25) is 9.36 Å². The minimum absolute atomic E-state index is 0.0554. The zero-order chi connectivity index (χ0) is 16.5. The molecule has 1 aliphatic heterocycles. The Morgan fingerprint density at radius 1 is 1.17 bits per heavy atom.